The van der Waals surface area contributed by atoms with Gasteiger partial charge in [-0.2, -0.15) is 0 Å². The quantitative estimate of drug-likeness (QED) is 0.587. The molecule has 0 bridgehead atoms. The predicted octanol–water partition coefficient (Wildman–Crippen LogP) is 4.90. The molecule has 5 rings (SSSR count). The van der Waals surface area contributed by atoms with E-state index in [0.717, 1.165) is 44.3 Å². The molecule has 2 amide bonds. The van der Waals surface area contributed by atoms with Crippen molar-refractivity contribution in [1.29, 1.82) is 0 Å². The van der Waals surface area contributed by atoms with E-state index in [0.29, 0.717) is 18.3 Å². The molecule has 34 heavy (non-hydrogen) atoms. The number of nitrogens with zero attached hydrogens (tertiary/aromatic N) is 4. The van der Waals surface area contributed by atoms with Crippen molar-refractivity contribution in [3.63, 3.8) is 0 Å². The summed E-state index contributed by atoms with van der Waals surface area (Å²) in [5.41, 5.74) is 2.41. The zero-order valence-electron chi connectivity index (χ0n) is 20.9. The fourth-order valence-corrected chi connectivity index (χ4v) is 6.36. The molecule has 0 unspecified atom stereocenters. The van der Waals surface area contributed by atoms with E-state index in [2.05, 4.69) is 64.1 Å². The Labute approximate surface area is 203 Å². The van der Waals surface area contributed by atoms with Crippen molar-refractivity contribution in [2.75, 3.05) is 34.3 Å². The molecule has 2 heterocycles. The number of benzene rings is 1. The van der Waals surface area contributed by atoms with Crippen molar-refractivity contribution in [1.82, 2.24) is 19.7 Å². The van der Waals surface area contributed by atoms with Crippen LogP contribution in [0.15, 0.2) is 48.7 Å². The molecule has 0 radical (unpaired) electrons. The van der Waals surface area contributed by atoms with Gasteiger partial charge in [0.25, 0.3) is 0 Å². The Balaban J connectivity index is 1.38. The Bertz CT molecular complexity index is 979. The molecule has 1 aliphatic heterocycles. The highest BCUT2D eigenvalue weighted by Crippen LogP contribution is 2.49. The highest BCUT2D eigenvalue weighted by Gasteiger charge is 2.54. The lowest BCUT2D eigenvalue weighted by atomic mass is 9.68. The van der Waals surface area contributed by atoms with Gasteiger partial charge in [-0.05, 0) is 69.7 Å². The summed E-state index contributed by atoms with van der Waals surface area (Å²) in [4.78, 5) is 24.8. The summed E-state index contributed by atoms with van der Waals surface area (Å²) < 4.78 is 5.20. The van der Waals surface area contributed by atoms with Gasteiger partial charge in [0.15, 0.2) is 0 Å². The number of aromatic nitrogens is 1. The van der Waals surface area contributed by atoms with Crippen LogP contribution in [0.3, 0.4) is 0 Å². The molecule has 3 aliphatic rings. The van der Waals surface area contributed by atoms with Crippen LogP contribution in [0.2, 0.25) is 0 Å². The van der Waals surface area contributed by atoms with E-state index in [1.54, 1.807) is 7.11 Å². The van der Waals surface area contributed by atoms with Gasteiger partial charge in [0.2, 0.25) is 5.88 Å². The molecule has 0 atom stereocenters. The van der Waals surface area contributed by atoms with E-state index in [1.165, 1.54) is 24.8 Å². The van der Waals surface area contributed by atoms with Crippen molar-refractivity contribution in [2.45, 2.75) is 62.6 Å². The summed E-state index contributed by atoms with van der Waals surface area (Å²) in [5.74, 6) is 1.27. The molecular formula is C28H38N4O2. The van der Waals surface area contributed by atoms with Crippen molar-refractivity contribution in [3.05, 3.63) is 59.8 Å². The first kappa shape index (κ1) is 23.2. The van der Waals surface area contributed by atoms with E-state index in [4.69, 9.17) is 4.74 Å². The average Bonchev–Trinajstić information content (AvgIpc) is 3.08. The maximum Gasteiger partial charge on any atom is 0.320 e. The summed E-state index contributed by atoms with van der Waals surface area (Å²) in [5, 5.41) is 0. The smallest absolute Gasteiger partial charge is 0.320 e. The first-order valence-corrected chi connectivity index (χ1v) is 12.7. The minimum atomic E-state index is -0.0686. The highest BCUT2D eigenvalue weighted by atomic mass is 16.5. The molecule has 1 saturated heterocycles. The number of methoxy groups -OCH3 is 1. The largest absolute Gasteiger partial charge is 0.481 e. The molecule has 6 nitrogen and oxygen atoms in total. The Morgan fingerprint density at radius 1 is 1.06 bits per heavy atom. The van der Waals surface area contributed by atoms with Crippen LogP contribution >= 0.6 is 0 Å². The van der Waals surface area contributed by atoms with Gasteiger partial charge in [0, 0.05) is 37.4 Å². The lowest BCUT2D eigenvalue weighted by molar-refractivity contribution is 0.0159. The molecule has 3 fully saturated rings. The summed E-state index contributed by atoms with van der Waals surface area (Å²) in [7, 11) is 6.04. The first-order valence-electron chi connectivity index (χ1n) is 12.7. The van der Waals surface area contributed by atoms with Crippen LogP contribution in [0.5, 0.6) is 5.88 Å². The van der Waals surface area contributed by atoms with E-state index in [-0.39, 0.29) is 17.1 Å². The number of ether oxygens (including phenoxy) is 1. The van der Waals surface area contributed by atoms with Crippen LogP contribution in [-0.2, 0) is 12.1 Å². The van der Waals surface area contributed by atoms with Crippen LogP contribution < -0.4 is 4.74 Å². The number of hydrogen-bond donors (Lipinski definition) is 0. The minimum Gasteiger partial charge on any atom is -0.481 e. The summed E-state index contributed by atoms with van der Waals surface area (Å²) in [6.45, 7) is 2.33. The normalized spacial score (nSPS) is 27.5. The lowest BCUT2D eigenvalue weighted by Gasteiger charge is -2.51. The molecular weight excluding hydrogens is 424 g/mol. The fourth-order valence-electron chi connectivity index (χ4n) is 6.36. The van der Waals surface area contributed by atoms with Crippen molar-refractivity contribution in [2.24, 2.45) is 5.92 Å². The number of rotatable bonds is 7. The van der Waals surface area contributed by atoms with E-state index in [1.807, 2.05) is 18.3 Å². The third-order valence-electron chi connectivity index (χ3n) is 8.78. The Hall–Kier alpha value is -2.60. The van der Waals surface area contributed by atoms with Crippen molar-refractivity contribution < 1.29 is 9.53 Å². The molecule has 0 N–H and O–H groups in total. The molecule has 182 valence electrons. The predicted molar refractivity (Wildman–Crippen MR) is 134 cm³/mol. The third-order valence-corrected chi connectivity index (χ3v) is 8.78. The maximum absolute atomic E-state index is 13.7. The summed E-state index contributed by atoms with van der Waals surface area (Å²) in [6, 6.07) is 15.0. The zero-order chi connectivity index (χ0) is 23.8. The molecule has 2 saturated carbocycles. The molecule has 1 spiro atoms. The van der Waals surface area contributed by atoms with Gasteiger partial charge in [-0.25, -0.2) is 9.78 Å². The van der Waals surface area contributed by atoms with Gasteiger partial charge in [-0.1, -0.05) is 42.8 Å². The SMILES string of the molecule is COc1ccc(CN2CC3(CCC(c4ccccc4)(N(C)C)CC3)N(CC3CCC3)C2=O)cn1. The summed E-state index contributed by atoms with van der Waals surface area (Å²) >= 11 is 0. The number of hydrogen-bond acceptors (Lipinski definition) is 4. The lowest BCUT2D eigenvalue weighted by Crippen LogP contribution is -2.56. The molecule has 2 aromatic rings. The van der Waals surface area contributed by atoms with Gasteiger partial charge in [-0.3, -0.25) is 4.90 Å². The monoisotopic (exact) mass is 462 g/mol. The number of urea groups is 1. The third kappa shape index (κ3) is 4.06. The van der Waals surface area contributed by atoms with Crippen molar-refractivity contribution in [3.8, 4) is 5.88 Å². The molecule has 2 aliphatic carbocycles. The van der Waals surface area contributed by atoms with E-state index < -0.39 is 0 Å². The second-order valence-electron chi connectivity index (χ2n) is 10.8. The Morgan fingerprint density at radius 3 is 2.35 bits per heavy atom. The van der Waals surface area contributed by atoms with Crippen LogP contribution in [0.1, 0.15) is 56.1 Å². The molecule has 6 heteroatoms. The second-order valence-corrected chi connectivity index (χ2v) is 10.8. The minimum absolute atomic E-state index is 0.0328. The average molecular weight is 463 g/mol. The van der Waals surface area contributed by atoms with E-state index >= 15 is 0 Å². The Kier molecular flexibility index (Phi) is 6.28. The second kappa shape index (κ2) is 9.21. The van der Waals surface area contributed by atoms with Gasteiger partial charge >= 0.3 is 6.03 Å². The topological polar surface area (TPSA) is 48.9 Å². The standard InChI is InChI=1S/C28H38N4O2/c1-30(2)28(24-10-5-4-6-11-24)16-14-27(15-17-28)21-31(19-23-12-13-25(34-3)29-18-23)26(33)32(27)20-22-8-7-9-22/h4-6,10-13,18,22H,7-9,14-17,19-21H2,1-3H3. The summed E-state index contributed by atoms with van der Waals surface area (Å²) in [6.07, 6.45) is 9.86. The fraction of sp³-hybridized carbons (Fsp3) is 0.571. The highest BCUT2D eigenvalue weighted by molar-refractivity contribution is 5.78. The van der Waals surface area contributed by atoms with Crippen LogP contribution in [0.25, 0.3) is 0 Å². The van der Waals surface area contributed by atoms with Crippen LogP contribution in [-0.4, -0.2) is 65.5 Å². The first-order chi connectivity index (χ1) is 16.5. The number of carbonyl (C=O) groups is 1. The number of amides is 2. The van der Waals surface area contributed by atoms with Crippen LogP contribution in [0, 0.1) is 5.92 Å². The van der Waals surface area contributed by atoms with Gasteiger partial charge < -0.3 is 14.5 Å². The number of pyridine rings is 1. The van der Waals surface area contributed by atoms with Crippen LogP contribution in [0.4, 0.5) is 4.79 Å². The van der Waals surface area contributed by atoms with Crippen molar-refractivity contribution >= 4 is 6.03 Å². The van der Waals surface area contributed by atoms with Gasteiger partial charge in [0.05, 0.1) is 12.6 Å². The van der Waals surface area contributed by atoms with E-state index in [9.17, 15) is 4.79 Å². The zero-order valence-corrected chi connectivity index (χ0v) is 20.9. The van der Waals surface area contributed by atoms with Gasteiger partial charge in [-0.15, -0.1) is 0 Å². The molecule has 1 aromatic carbocycles. The van der Waals surface area contributed by atoms with Gasteiger partial charge in [0.1, 0.15) is 0 Å². The maximum atomic E-state index is 13.7. The molecule has 1 aromatic heterocycles. The Morgan fingerprint density at radius 2 is 1.79 bits per heavy atom. The number of carbonyl (C=O) groups excluding carboxylic acids is 1.